The van der Waals surface area contributed by atoms with E-state index in [-0.39, 0.29) is 30.4 Å². The SMILES string of the molecule is CNc1cc2c(cn1)cc(-c1cc(NC(=O)NC(C)C)c(F)cc1C)c(=O)n2CCO. The van der Waals surface area contributed by atoms with E-state index in [1.807, 2.05) is 0 Å². The fraction of sp³-hybridized carbons (Fsp3) is 0.318. The van der Waals surface area contributed by atoms with Crippen LogP contribution in [0.2, 0.25) is 0 Å². The number of nitrogens with one attached hydrogen (secondary N) is 3. The number of aromatic nitrogens is 2. The lowest BCUT2D eigenvalue weighted by Crippen LogP contribution is -2.34. The van der Waals surface area contributed by atoms with Gasteiger partial charge in [0.1, 0.15) is 11.6 Å². The molecular weight excluding hydrogens is 401 g/mol. The summed E-state index contributed by atoms with van der Waals surface area (Å²) in [5.41, 5.74) is 1.61. The molecule has 3 aromatic rings. The summed E-state index contributed by atoms with van der Waals surface area (Å²) in [6.45, 7) is 5.16. The van der Waals surface area contributed by atoms with Crippen LogP contribution in [0.4, 0.5) is 20.7 Å². The fourth-order valence-electron chi connectivity index (χ4n) is 3.40. The van der Waals surface area contributed by atoms with Gasteiger partial charge in [0, 0.05) is 42.8 Å². The van der Waals surface area contributed by atoms with Crippen LogP contribution >= 0.6 is 0 Å². The Morgan fingerprint density at radius 1 is 1.23 bits per heavy atom. The van der Waals surface area contributed by atoms with Gasteiger partial charge >= 0.3 is 6.03 Å². The molecule has 1 aromatic carbocycles. The Hall–Kier alpha value is -3.46. The molecule has 4 N–H and O–H groups in total. The number of amides is 2. The van der Waals surface area contributed by atoms with Crippen LogP contribution in [-0.2, 0) is 6.54 Å². The van der Waals surface area contributed by atoms with Crippen molar-refractivity contribution < 1.29 is 14.3 Å². The van der Waals surface area contributed by atoms with Gasteiger partial charge in [0.15, 0.2) is 0 Å². The number of nitrogens with zero attached hydrogens (tertiary/aromatic N) is 2. The van der Waals surface area contributed by atoms with E-state index < -0.39 is 11.8 Å². The minimum atomic E-state index is -0.600. The van der Waals surface area contributed by atoms with Crippen molar-refractivity contribution in [1.82, 2.24) is 14.9 Å². The first-order valence-corrected chi connectivity index (χ1v) is 9.95. The van der Waals surface area contributed by atoms with E-state index in [2.05, 4.69) is 20.9 Å². The summed E-state index contributed by atoms with van der Waals surface area (Å²) in [4.78, 5) is 29.7. The van der Waals surface area contributed by atoms with E-state index in [4.69, 9.17) is 0 Å². The Morgan fingerprint density at radius 2 is 1.97 bits per heavy atom. The second-order valence-corrected chi connectivity index (χ2v) is 7.52. The van der Waals surface area contributed by atoms with Crippen molar-refractivity contribution in [2.24, 2.45) is 0 Å². The van der Waals surface area contributed by atoms with E-state index in [1.165, 1.54) is 16.7 Å². The quantitative estimate of drug-likeness (QED) is 0.484. The van der Waals surface area contributed by atoms with Crippen molar-refractivity contribution in [1.29, 1.82) is 0 Å². The van der Waals surface area contributed by atoms with E-state index in [1.54, 1.807) is 46.1 Å². The normalized spacial score (nSPS) is 11.1. The molecule has 2 aromatic heterocycles. The highest BCUT2D eigenvalue weighted by atomic mass is 19.1. The fourth-order valence-corrected chi connectivity index (χ4v) is 3.40. The van der Waals surface area contributed by atoms with E-state index in [0.29, 0.717) is 33.4 Å². The number of aliphatic hydroxyl groups excluding tert-OH is 1. The number of fused-ring (bicyclic) bond motifs is 1. The molecule has 2 heterocycles. The van der Waals surface area contributed by atoms with Crippen LogP contribution < -0.4 is 21.5 Å². The molecule has 31 heavy (non-hydrogen) atoms. The maximum Gasteiger partial charge on any atom is 0.319 e. The molecule has 8 nitrogen and oxygen atoms in total. The first-order valence-electron chi connectivity index (χ1n) is 9.95. The number of rotatable bonds is 6. The Morgan fingerprint density at radius 3 is 2.61 bits per heavy atom. The molecule has 0 saturated carbocycles. The van der Waals surface area contributed by atoms with Gasteiger partial charge in [-0.25, -0.2) is 14.2 Å². The lowest BCUT2D eigenvalue weighted by Gasteiger charge is -2.16. The predicted molar refractivity (Wildman–Crippen MR) is 120 cm³/mol. The maximum atomic E-state index is 14.5. The number of pyridine rings is 2. The lowest BCUT2D eigenvalue weighted by molar-refractivity contribution is 0.250. The Kier molecular flexibility index (Phi) is 6.55. The average molecular weight is 427 g/mol. The minimum absolute atomic E-state index is 0.0318. The largest absolute Gasteiger partial charge is 0.395 e. The first-order chi connectivity index (χ1) is 14.7. The molecule has 0 aliphatic rings. The number of halogens is 1. The van der Waals surface area contributed by atoms with E-state index in [9.17, 15) is 19.1 Å². The van der Waals surface area contributed by atoms with Crippen molar-refractivity contribution in [3.8, 4) is 11.1 Å². The van der Waals surface area contributed by atoms with Crippen LogP contribution in [0.1, 0.15) is 19.4 Å². The standard InChI is InChI=1S/C22H26FN5O3/c1-12(2)26-22(31)27-18-9-15(13(3)7-17(18)23)16-8-14-11-25-20(24-4)10-19(14)28(5-6-29)21(16)30/h7-12,29H,5-6H2,1-4H3,(H,24,25)(H2,26,27,31). The number of carbonyl (C=O) groups is 1. The molecule has 9 heteroatoms. The van der Waals surface area contributed by atoms with Gasteiger partial charge in [-0.3, -0.25) is 4.79 Å². The molecule has 0 radical (unpaired) electrons. The average Bonchev–Trinajstić information content (AvgIpc) is 2.71. The van der Waals surface area contributed by atoms with E-state index >= 15 is 0 Å². The molecule has 164 valence electrons. The molecular formula is C22H26FN5O3. The van der Waals surface area contributed by atoms with Gasteiger partial charge in [0.25, 0.3) is 5.56 Å². The summed E-state index contributed by atoms with van der Waals surface area (Å²) in [5.74, 6) is -0.0103. The van der Waals surface area contributed by atoms with Crippen molar-refractivity contribution in [3.63, 3.8) is 0 Å². The van der Waals surface area contributed by atoms with Gasteiger partial charge in [-0.1, -0.05) is 0 Å². The zero-order chi connectivity index (χ0) is 22.7. The molecule has 3 rings (SSSR count). The number of aryl methyl sites for hydroxylation is 1. The number of carbonyl (C=O) groups excluding carboxylic acids is 1. The van der Waals surface area contributed by atoms with Crippen molar-refractivity contribution in [2.75, 3.05) is 24.3 Å². The minimum Gasteiger partial charge on any atom is -0.395 e. The smallest absolute Gasteiger partial charge is 0.319 e. The summed E-state index contributed by atoms with van der Waals surface area (Å²) in [6.07, 6.45) is 1.63. The Balaban J connectivity index is 2.19. The molecule has 0 aliphatic carbocycles. The summed E-state index contributed by atoms with van der Waals surface area (Å²) < 4.78 is 16.0. The molecule has 0 aliphatic heterocycles. The third-order valence-corrected chi connectivity index (χ3v) is 4.83. The summed E-state index contributed by atoms with van der Waals surface area (Å²) >= 11 is 0. The molecule has 0 spiro atoms. The first kappa shape index (κ1) is 22.2. The van der Waals surface area contributed by atoms with Crippen LogP contribution in [0.5, 0.6) is 0 Å². The molecule has 2 amide bonds. The molecule has 0 atom stereocenters. The zero-order valence-corrected chi connectivity index (χ0v) is 17.9. The predicted octanol–water partition coefficient (Wildman–Crippen LogP) is 3.07. The highest BCUT2D eigenvalue weighted by Gasteiger charge is 2.17. The van der Waals surface area contributed by atoms with Gasteiger partial charge < -0.3 is 25.6 Å². The van der Waals surface area contributed by atoms with Crippen molar-refractivity contribution >= 4 is 28.4 Å². The molecule has 0 bridgehead atoms. The zero-order valence-electron chi connectivity index (χ0n) is 17.9. The monoisotopic (exact) mass is 427 g/mol. The second-order valence-electron chi connectivity index (χ2n) is 7.52. The van der Waals surface area contributed by atoms with Crippen LogP contribution in [0, 0.1) is 12.7 Å². The van der Waals surface area contributed by atoms with E-state index in [0.717, 1.165) is 0 Å². The summed E-state index contributed by atoms with van der Waals surface area (Å²) in [7, 11) is 1.73. The third-order valence-electron chi connectivity index (χ3n) is 4.83. The Bertz CT molecular complexity index is 1190. The topological polar surface area (TPSA) is 108 Å². The third kappa shape index (κ3) is 4.66. The number of hydrogen-bond donors (Lipinski definition) is 4. The van der Waals surface area contributed by atoms with Crippen LogP contribution in [0.25, 0.3) is 22.0 Å². The van der Waals surface area contributed by atoms with Crippen LogP contribution in [-0.4, -0.2) is 40.4 Å². The second kappa shape index (κ2) is 9.13. The number of anilines is 2. The summed E-state index contributed by atoms with van der Waals surface area (Å²) in [5, 5.41) is 18.3. The van der Waals surface area contributed by atoms with Crippen molar-refractivity contribution in [3.05, 3.63) is 52.2 Å². The van der Waals surface area contributed by atoms with Gasteiger partial charge in [0.2, 0.25) is 0 Å². The highest BCUT2D eigenvalue weighted by Crippen LogP contribution is 2.29. The molecule has 0 saturated heterocycles. The number of benzene rings is 1. The van der Waals surface area contributed by atoms with Gasteiger partial charge in [-0.15, -0.1) is 0 Å². The Labute approximate surface area is 179 Å². The van der Waals surface area contributed by atoms with Gasteiger partial charge in [-0.2, -0.15) is 0 Å². The number of hydrogen-bond acceptors (Lipinski definition) is 5. The summed E-state index contributed by atoms with van der Waals surface area (Å²) in [6, 6.07) is 5.50. The number of aliphatic hydroxyl groups is 1. The van der Waals surface area contributed by atoms with Gasteiger partial charge in [-0.05, 0) is 50.1 Å². The maximum absolute atomic E-state index is 14.5. The molecule has 0 fully saturated rings. The molecule has 0 unspecified atom stereocenters. The number of urea groups is 1. The van der Waals surface area contributed by atoms with Gasteiger partial charge in [0.05, 0.1) is 17.8 Å². The lowest BCUT2D eigenvalue weighted by atomic mass is 9.99. The van der Waals surface area contributed by atoms with Crippen molar-refractivity contribution in [2.45, 2.75) is 33.4 Å². The van der Waals surface area contributed by atoms with Crippen LogP contribution in [0.3, 0.4) is 0 Å². The van der Waals surface area contributed by atoms with Crippen LogP contribution in [0.15, 0.2) is 35.3 Å². The highest BCUT2D eigenvalue weighted by molar-refractivity contribution is 5.91.